The van der Waals surface area contributed by atoms with Crippen LogP contribution in [0.15, 0.2) is 85.1 Å². The summed E-state index contributed by atoms with van der Waals surface area (Å²) < 4.78 is 4.83. The van der Waals surface area contributed by atoms with Crippen molar-refractivity contribution in [2.24, 2.45) is 0 Å². The lowest BCUT2D eigenvalue weighted by atomic mass is 9.96. The minimum absolute atomic E-state index is 0.538. The van der Waals surface area contributed by atoms with Crippen LogP contribution in [0.4, 0.5) is 0 Å². The van der Waals surface area contributed by atoms with Crippen molar-refractivity contribution in [3.63, 3.8) is 0 Å². The molecular formula is C29H26N2S+2. The van der Waals surface area contributed by atoms with Crippen LogP contribution in [0.5, 0.6) is 0 Å². The molecule has 0 fully saturated rings. The van der Waals surface area contributed by atoms with Gasteiger partial charge in [0.15, 0.2) is 6.20 Å². The summed E-state index contributed by atoms with van der Waals surface area (Å²) in [6, 6.07) is 28.7. The third-order valence-electron chi connectivity index (χ3n) is 6.36. The van der Waals surface area contributed by atoms with Crippen LogP contribution < -0.4 is 9.13 Å². The molecule has 1 atom stereocenters. The summed E-state index contributed by atoms with van der Waals surface area (Å²) in [6.07, 6.45) is 8.97. The van der Waals surface area contributed by atoms with Crippen LogP contribution in [0.3, 0.4) is 0 Å². The molecule has 0 spiro atoms. The Hall–Kier alpha value is -3.35. The summed E-state index contributed by atoms with van der Waals surface area (Å²) in [5.41, 5.74) is 9.40. The zero-order valence-electron chi connectivity index (χ0n) is 18.9. The lowest BCUT2D eigenvalue weighted by molar-refractivity contribution is -0.924. The van der Waals surface area contributed by atoms with E-state index >= 15 is 0 Å². The highest BCUT2D eigenvalue weighted by Gasteiger charge is 2.66. The van der Waals surface area contributed by atoms with Crippen LogP contribution in [0.2, 0.25) is 0 Å². The Morgan fingerprint density at radius 3 is 2.25 bits per heavy atom. The van der Waals surface area contributed by atoms with Gasteiger partial charge < -0.3 is 0 Å². The molecule has 32 heavy (non-hydrogen) atoms. The Bertz CT molecular complexity index is 1400. The molecule has 0 bridgehead atoms. The zero-order chi connectivity index (χ0) is 22.1. The van der Waals surface area contributed by atoms with Crippen LogP contribution in [0, 0.1) is 18.1 Å². The molecule has 0 radical (unpaired) electrons. The molecule has 2 aliphatic heterocycles. The summed E-state index contributed by atoms with van der Waals surface area (Å²) in [7, 11) is -0.987. The molecule has 0 saturated heterocycles. The quantitative estimate of drug-likeness (QED) is 0.291. The number of pyridine rings is 2. The first kappa shape index (κ1) is 19.3. The van der Waals surface area contributed by atoms with E-state index in [0.717, 1.165) is 0 Å². The van der Waals surface area contributed by atoms with Gasteiger partial charge in [0.2, 0.25) is 5.69 Å². The summed E-state index contributed by atoms with van der Waals surface area (Å²) in [5, 5.41) is 3.66. The largest absolute Gasteiger partial charge is 0.455 e. The van der Waals surface area contributed by atoms with E-state index in [1.807, 2.05) is 0 Å². The van der Waals surface area contributed by atoms with Crippen molar-refractivity contribution in [1.82, 2.24) is 0 Å². The lowest BCUT2D eigenvalue weighted by Gasteiger charge is -2.16. The Morgan fingerprint density at radius 2 is 1.47 bits per heavy atom. The average molecular weight is 435 g/mol. The normalized spacial score (nSPS) is 17.8. The van der Waals surface area contributed by atoms with Gasteiger partial charge in [0.05, 0.1) is 11.5 Å². The molecule has 2 nitrogen and oxygen atoms in total. The van der Waals surface area contributed by atoms with E-state index in [9.17, 15) is 0 Å². The highest BCUT2D eigenvalue weighted by Crippen LogP contribution is 2.44. The molecule has 2 aromatic carbocycles. The second-order valence-electron chi connectivity index (χ2n) is 9.45. The first-order valence-corrected chi connectivity index (χ1v) is 13.8. The monoisotopic (exact) mass is 434 g/mol. The van der Waals surface area contributed by atoms with Gasteiger partial charge in [0.1, 0.15) is 5.56 Å². The van der Waals surface area contributed by atoms with E-state index in [0.29, 0.717) is 0 Å². The van der Waals surface area contributed by atoms with Crippen LogP contribution in [0.25, 0.3) is 33.8 Å². The summed E-state index contributed by atoms with van der Waals surface area (Å²) >= 11 is 0. The van der Waals surface area contributed by atoms with Crippen LogP contribution in [-0.2, 0) is 5.66 Å². The fraction of sp³-hybridized carbons (Fsp3) is 0.172. The van der Waals surface area contributed by atoms with Crippen LogP contribution >= 0.6 is 10.0 Å². The maximum Gasteiger partial charge on any atom is 0.455 e. The molecule has 3 heteroatoms. The molecule has 6 rings (SSSR count). The summed E-state index contributed by atoms with van der Waals surface area (Å²) in [4.78, 5) is 0. The Balaban J connectivity index is 1.74. The third kappa shape index (κ3) is 2.63. The standard InChI is InChI=1S/C29H26N2S/c1-21-12-14-22(15-13-21)23-19-27-24-9-5-6-10-25(24)29(16-18-32(2,3)4)30-17-8-7-11-26(30)28(20-23)31(27)29/h5-15,17,19-20H,1-4H3/q+2. The smallest absolute Gasteiger partial charge is 0.185 e. The lowest BCUT2D eigenvalue weighted by Crippen LogP contribution is -2.67. The second-order valence-corrected chi connectivity index (χ2v) is 13.3. The molecule has 4 heterocycles. The van der Waals surface area contributed by atoms with Gasteiger partial charge in [-0.05, 0) is 60.3 Å². The number of aryl methyl sites for hydroxylation is 1. The van der Waals surface area contributed by atoms with E-state index in [4.69, 9.17) is 0 Å². The predicted molar refractivity (Wildman–Crippen MR) is 133 cm³/mol. The van der Waals surface area contributed by atoms with Crippen molar-refractivity contribution in [2.75, 3.05) is 18.8 Å². The summed E-state index contributed by atoms with van der Waals surface area (Å²) in [6.45, 7) is 2.13. The molecule has 4 aromatic rings. The van der Waals surface area contributed by atoms with E-state index < -0.39 is 15.7 Å². The van der Waals surface area contributed by atoms with Crippen molar-refractivity contribution in [2.45, 2.75) is 12.6 Å². The molecule has 0 aliphatic carbocycles. The van der Waals surface area contributed by atoms with Gasteiger partial charge in [-0.2, -0.15) is 10.0 Å². The van der Waals surface area contributed by atoms with Gasteiger partial charge in [-0.25, -0.2) is 0 Å². The molecule has 1 unspecified atom stereocenters. The number of benzene rings is 2. The number of nitrogens with zero attached hydrogens (tertiary/aromatic N) is 2. The van der Waals surface area contributed by atoms with Gasteiger partial charge in [-0.1, -0.05) is 42.0 Å². The molecule has 2 aromatic heterocycles. The van der Waals surface area contributed by atoms with Gasteiger partial charge >= 0.3 is 5.66 Å². The van der Waals surface area contributed by atoms with Gasteiger partial charge in [0, 0.05) is 24.3 Å². The second kappa shape index (κ2) is 6.58. The van der Waals surface area contributed by atoms with E-state index in [1.54, 1.807) is 0 Å². The van der Waals surface area contributed by atoms with Crippen molar-refractivity contribution in [1.29, 1.82) is 0 Å². The molecule has 0 amide bonds. The maximum absolute atomic E-state index is 3.79. The first-order chi connectivity index (χ1) is 15.4. The number of hydrogen-bond acceptors (Lipinski definition) is 0. The van der Waals surface area contributed by atoms with Gasteiger partial charge in [0.25, 0.3) is 11.4 Å². The SMILES string of the molecule is Cc1ccc(-c2cc3[n+]4c(c2)-c2cccc[n+]2C4(C#CS(C)(C)C)c2ccccc2-3)cc1. The number of aromatic nitrogens is 2. The number of rotatable bonds is 1. The van der Waals surface area contributed by atoms with E-state index in [1.165, 1.54) is 44.9 Å². The highest BCUT2D eigenvalue weighted by molar-refractivity contribution is 8.35. The zero-order valence-corrected chi connectivity index (χ0v) is 19.7. The number of hydrogen-bond donors (Lipinski definition) is 0. The maximum atomic E-state index is 3.79. The van der Waals surface area contributed by atoms with Crippen LogP contribution in [-0.4, -0.2) is 18.8 Å². The predicted octanol–water partition coefficient (Wildman–Crippen LogP) is 5.10. The van der Waals surface area contributed by atoms with Crippen molar-refractivity contribution in [3.05, 3.63) is 96.2 Å². The summed E-state index contributed by atoms with van der Waals surface area (Å²) in [5.74, 6) is 3.79. The van der Waals surface area contributed by atoms with Gasteiger partial charge in [-0.15, -0.1) is 9.13 Å². The molecule has 2 aliphatic rings. The van der Waals surface area contributed by atoms with Crippen LogP contribution in [0.1, 0.15) is 11.1 Å². The fourth-order valence-electron chi connectivity index (χ4n) is 4.95. The Labute approximate surface area is 191 Å². The van der Waals surface area contributed by atoms with Crippen molar-refractivity contribution >= 4 is 10.0 Å². The average Bonchev–Trinajstić information content (AvgIpc) is 3.24. The van der Waals surface area contributed by atoms with Crippen molar-refractivity contribution in [3.8, 4) is 44.9 Å². The minimum atomic E-state index is -0.987. The minimum Gasteiger partial charge on any atom is -0.185 e. The fourth-order valence-corrected chi connectivity index (χ4v) is 5.40. The Kier molecular flexibility index (Phi) is 3.97. The Morgan fingerprint density at radius 1 is 0.750 bits per heavy atom. The number of fused-ring (bicyclic) bond motifs is 6. The van der Waals surface area contributed by atoms with Gasteiger partial charge in [-0.3, -0.25) is 0 Å². The van der Waals surface area contributed by atoms with E-state index in [-0.39, 0.29) is 0 Å². The highest BCUT2D eigenvalue weighted by atomic mass is 32.3. The first-order valence-electron chi connectivity index (χ1n) is 10.9. The molecule has 156 valence electrons. The molecular weight excluding hydrogens is 408 g/mol. The molecule has 0 saturated carbocycles. The van der Waals surface area contributed by atoms with E-state index in [2.05, 4.69) is 131 Å². The molecule has 0 N–H and O–H groups in total. The third-order valence-corrected chi connectivity index (χ3v) is 7.07. The topological polar surface area (TPSA) is 7.76 Å². The van der Waals surface area contributed by atoms with Crippen molar-refractivity contribution < 1.29 is 9.13 Å².